The minimum absolute atomic E-state index is 0.0235. The van der Waals surface area contributed by atoms with Crippen molar-refractivity contribution in [1.29, 1.82) is 0 Å². The predicted molar refractivity (Wildman–Crippen MR) is 110 cm³/mol. The molecule has 0 fully saturated rings. The van der Waals surface area contributed by atoms with E-state index in [2.05, 4.69) is 48.5 Å². The van der Waals surface area contributed by atoms with Crippen LogP contribution in [-0.4, -0.2) is 10.2 Å². The standard InChI is InChI=1S/C24H34O2/c1-8-11-16(17-12-9-14-19(21(17)25)23(2,3)4)18-13-10-15-20(22(18)26)24(5,6)7/h9-10,12-16,25-26H,8,11H2,1-7H3. The molecule has 2 nitrogen and oxygen atoms in total. The summed E-state index contributed by atoms with van der Waals surface area (Å²) in [6.45, 7) is 14.8. The highest BCUT2D eigenvalue weighted by Crippen LogP contribution is 2.44. The molecular formula is C24H34O2. The van der Waals surface area contributed by atoms with Crippen molar-refractivity contribution in [3.63, 3.8) is 0 Å². The summed E-state index contributed by atoms with van der Waals surface area (Å²) in [4.78, 5) is 0. The summed E-state index contributed by atoms with van der Waals surface area (Å²) in [5.74, 6) is 0.697. The monoisotopic (exact) mass is 354 g/mol. The van der Waals surface area contributed by atoms with Gasteiger partial charge in [0.1, 0.15) is 11.5 Å². The Kier molecular flexibility index (Phi) is 5.75. The zero-order valence-corrected chi connectivity index (χ0v) is 17.4. The highest BCUT2D eigenvalue weighted by Gasteiger charge is 2.27. The maximum Gasteiger partial charge on any atom is 0.123 e. The molecule has 0 radical (unpaired) electrons. The minimum Gasteiger partial charge on any atom is -0.507 e. The van der Waals surface area contributed by atoms with E-state index in [0.717, 1.165) is 35.1 Å². The summed E-state index contributed by atoms with van der Waals surface area (Å²) in [5.41, 5.74) is 3.43. The average Bonchev–Trinajstić information content (AvgIpc) is 2.51. The maximum atomic E-state index is 11.0. The SMILES string of the molecule is CCCC(c1cccc(C(C)(C)C)c1O)c1cccc(C(C)(C)C)c1O. The average molecular weight is 355 g/mol. The highest BCUT2D eigenvalue weighted by molar-refractivity contribution is 5.53. The maximum absolute atomic E-state index is 11.0. The summed E-state index contributed by atoms with van der Waals surface area (Å²) in [7, 11) is 0. The Balaban J connectivity index is 2.66. The molecule has 2 aromatic rings. The summed E-state index contributed by atoms with van der Waals surface area (Å²) in [6, 6.07) is 12.0. The summed E-state index contributed by atoms with van der Waals surface area (Å²) in [6.07, 6.45) is 1.85. The second kappa shape index (κ2) is 7.34. The molecule has 142 valence electrons. The van der Waals surface area contributed by atoms with E-state index < -0.39 is 0 Å². The van der Waals surface area contributed by atoms with Crippen molar-refractivity contribution in [2.75, 3.05) is 0 Å². The van der Waals surface area contributed by atoms with E-state index >= 15 is 0 Å². The van der Waals surface area contributed by atoms with E-state index in [1.807, 2.05) is 36.4 Å². The molecule has 0 atom stereocenters. The lowest BCUT2D eigenvalue weighted by Gasteiger charge is -2.27. The Morgan fingerprint density at radius 1 is 0.731 bits per heavy atom. The summed E-state index contributed by atoms with van der Waals surface area (Å²) in [5, 5.41) is 22.0. The van der Waals surface area contributed by atoms with Gasteiger partial charge < -0.3 is 10.2 Å². The van der Waals surface area contributed by atoms with E-state index in [4.69, 9.17) is 0 Å². The number of hydrogen-bond donors (Lipinski definition) is 2. The van der Waals surface area contributed by atoms with Crippen LogP contribution in [0.5, 0.6) is 11.5 Å². The van der Waals surface area contributed by atoms with Gasteiger partial charge in [0.15, 0.2) is 0 Å². The van der Waals surface area contributed by atoms with Gasteiger partial charge in [-0.05, 0) is 28.4 Å². The molecule has 26 heavy (non-hydrogen) atoms. The van der Waals surface area contributed by atoms with Crippen LogP contribution in [0.3, 0.4) is 0 Å². The van der Waals surface area contributed by atoms with Crippen molar-refractivity contribution in [2.24, 2.45) is 0 Å². The van der Waals surface area contributed by atoms with Crippen molar-refractivity contribution in [3.05, 3.63) is 58.7 Å². The van der Waals surface area contributed by atoms with Crippen LogP contribution in [0, 0.1) is 0 Å². The van der Waals surface area contributed by atoms with Gasteiger partial charge in [0.05, 0.1) is 0 Å². The zero-order chi connectivity index (χ0) is 19.7. The van der Waals surface area contributed by atoms with Gasteiger partial charge in [-0.25, -0.2) is 0 Å². The number of para-hydroxylation sites is 2. The number of rotatable bonds is 4. The van der Waals surface area contributed by atoms with E-state index in [9.17, 15) is 10.2 Å². The summed E-state index contributed by atoms with van der Waals surface area (Å²) >= 11 is 0. The van der Waals surface area contributed by atoms with Crippen LogP contribution in [0.2, 0.25) is 0 Å². The van der Waals surface area contributed by atoms with E-state index in [1.165, 1.54) is 0 Å². The Hall–Kier alpha value is -1.96. The third kappa shape index (κ3) is 4.06. The lowest BCUT2D eigenvalue weighted by molar-refractivity contribution is 0.425. The molecular weight excluding hydrogens is 320 g/mol. The first-order valence-corrected chi connectivity index (χ1v) is 9.63. The molecule has 0 aliphatic heterocycles. The van der Waals surface area contributed by atoms with Gasteiger partial charge in [-0.2, -0.15) is 0 Å². The molecule has 0 heterocycles. The Bertz CT molecular complexity index is 697. The molecule has 0 aromatic heterocycles. The van der Waals surface area contributed by atoms with Gasteiger partial charge >= 0.3 is 0 Å². The minimum atomic E-state index is -0.133. The van der Waals surface area contributed by atoms with Crippen molar-refractivity contribution < 1.29 is 10.2 Å². The van der Waals surface area contributed by atoms with Crippen LogP contribution < -0.4 is 0 Å². The molecule has 2 heteroatoms. The predicted octanol–water partition coefficient (Wildman–Crippen LogP) is 6.62. The zero-order valence-electron chi connectivity index (χ0n) is 17.4. The van der Waals surface area contributed by atoms with Gasteiger partial charge in [-0.1, -0.05) is 91.3 Å². The molecule has 2 aromatic carbocycles. The van der Waals surface area contributed by atoms with Crippen LogP contribution in [0.15, 0.2) is 36.4 Å². The molecule has 0 saturated carbocycles. The molecule has 0 aliphatic rings. The third-order valence-electron chi connectivity index (χ3n) is 5.08. The van der Waals surface area contributed by atoms with Gasteiger partial charge in [-0.15, -0.1) is 0 Å². The number of phenolic OH excluding ortho intramolecular Hbond substituents is 2. The van der Waals surface area contributed by atoms with Crippen LogP contribution in [0.4, 0.5) is 0 Å². The second-order valence-electron chi connectivity index (χ2n) is 9.33. The van der Waals surface area contributed by atoms with Gasteiger partial charge in [-0.3, -0.25) is 0 Å². The van der Waals surface area contributed by atoms with Crippen molar-refractivity contribution >= 4 is 0 Å². The molecule has 2 rings (SSSR count). The van der Waals surface area contributed by atoms with Crippen molar-refractivity contribution in [2.45, 2.75) is 78.1 Å². The number of benzene rings is 2. The first kappa shape index (κ1) is 20.4. The first-order chi connectivity index (χ1) is 12.0. The number of hydrogen-bond acceptors (Lipinski definition) is 2. The topological polar surface area (TPSA) is 40.5 Å². The fraction of sp³-hybridized carbons (Fsp3) is 0.500. The van der Waals surface area contributed by atoms with E-state index in [1.54, 1.807) is 0 Å². The molecule has 0 spiro atoms. The fourth-order valence-corrected chi connectivity index (χ4v) is 3.66. The number of aromatic hydroxyl groups is 2. The molecule has 0 unspecified atom stereocenters. The second-order valence-corrected chi connectivity index (χ2v) is 9.33. The van der Waals surface area contributed by atoms with Gasteiger partial charge in [0, 0.05) is 17.0 Å². The molecule has 0 amide bonds. The van der Waals surface area contributed by atoms with Crippen LogP contribution in [-0.2, 0) is 10.8 Å². The first-order valence-electron chi connectivity index (χ1n) is 9.63. The Morgan fingerprint density at radius 2 is 1.12 bits per heavy atom. The highest BCUT2D eigenvalue weighted by atomic mass is 16.3. The molecule has 0 saturated heterocycles. The van der Waals surface area contributed by atoms with Gasteiger partial charge in [0.2, 0.25) is 0 Å². The van der Waals surface area contributed by atoms with Crippen LogP contribution >= 0.6 is 0 Å². The van der Waals surface area contributed by atoms with Crippen LogP contribution in [0.1, 0.15) is 89.5 Å². The van der Waals surface area contributed by atoms with E-state index in [-0.39, 0.29) is 16.7 Å². The summed E-state index contributed by atoms with van der Waals surface area (Å²) < 4.78 is 0. The fourth-order valence-electron chi connectivity index (χ4n) is 3.66. The van der Waals surface area contributed by atoms with Crippen molar-refractivity contribution in [3.8, 4) is 11.5 Å². The number of phenols is 2. The lowest BCUT2D eigenvalue weighted by atomic mass is 9.78. The molecule has 0 bridgehead atoms. The quantitative estimate of drug-likeness (QED) is 0.647. The van der Waals surface area contributed by atoms with Gasteiger partial charge in [0.25, 0.3) is 0 Å². The Morgan fingerprint density at radius 3 is 1.42 bits per heavy atom. The van der Waals surface area contributed by atoms with Crippen molar-refractivity contribution in [1.82, 2.24) is 0 Å². The largest absolute Gasteiger partial charge is 0.507 e. The lowest BCUT2D eigenvalue weighted by Crippen LogP contribution is -2.14. The van der Waals surface area contributed by atoms with Crippen LogP contribution in [0.25, 0.3) is 0 Å². The third-order valence-corrected chi connectivity index (χ3v) is 5.08. The normalized spacial score (nSPS) is 12.6. The Labute approximate surface area is 158 Å². The van der Waals surface area contributed by atoms with E-state index in [0.29, 0.717) is 11.5 Å². The molecule has 2 N–H and O–H groups in total. The smallest absolute Gasteiger partial charge is 0.123 e. The molecule has 0 aliphatic carbocycles.